The fraction of sp³-hybridized carbons (Fsp3) is 0.125. The largest absolute Gasteiger partial charge is 0.378 e. The first kappa shape index (κ1) is 9.01. The third kappa shape index (κ3) is 1.56. The van der Waals surface area contributed by atoms with Crippen molar-refractivity contribution in [3.05, 3.63) is 33.9 Å². The minimum Gasteiger partial charge on any atom is -0.378 e. The van der Waals surface area contributed by atoms with Crippen molar-refractivity contribution in [2.24, 2.45) is 10.7 Å². The summed E-state index contributed by atoms with van der Waals surface area (Å²) in [4.78, 5) is 14.2. The maximum atomic E-state index is 10.5. The third-order valence-corrected chi connectivity index (χ3v) is 2.72. The predicted molar refractivity (Wildman–Crippen MR) is 55.7 cm³/mol. The van der Waals surface area contributed by atoms with Crippen LogP contribution in [0.25, 0.3) is 0 Å². The predicted octanol–water partition coefficient (Wildman–Crippen LogP) is 1.79. The molecule has 0 radical (unpaired) electrons. The Hall–Kier alpha value is -1.56. The van der Waals surface area contributed by atoms with Crippen LogP contribution in [0.2, 0.25) is 0 Å². The van der Waals surface area contributed by atoms with Gasteiger partial charge in [0, 0.05) is 17.9 Å². The molecule has 0 saturated heterocycles. The van der Waals surface area contributed by atoms with Crippen molar-refractivity contribution in [2.75, 3.05) is 0 Å². The Morgan fingerprint density at radius 1 is 1.57 bits per heavy atom. The topological polar surface area (TPSA) is 81.5 Å². The summed E-state index contributed by atoms with van der Waals surface area (Å²) in [5.74, 6) is 0.645. The number of thioether (sulfide) groups is 1. The molecule has 5 nitrogen and oxygen atoms in total. The second-order valence-corrected chi connectivity index (χ2v) is 3.80. The van der Waals surface area contributed by atoms with Crippen molar-refractivity contribution in [1.29, 1.82) is 0 Å². The molecule has 72 valence electrons. The van der Waals surface area contributed by atoms with E-state index in [1.54, 1.807) is 6.07 Å². The monoisotopic (exact) mass is 209 g/mol. The molecule has 0 saturated carbocycles. The third-order valence-electron chi connectivity index (χ3n) is 1.88. The number of hydrogen-bond donors (Lipinski definition) is 1. The van der Waals surface area contributed by atoms with Crippen molar-refractivity contribution in [3.63, 3.8) is 0 Å². The Labute approximate surface area is 84.2 Å². The van der Waals surface area contributed by atoms with E-state index in [0.717, 1.165) is 11.3 Å². The van der Waals surface area contributed by atoms with Gasteiger partial charge in [0.1, 0.15) is 0 Å². The Bertz CT molecular complexity index is 431. The summed E-state index contributed by atoms with van der Waals surface area (Å²) in [7, 11) is 0. The molecule has 0 atom stereocenters. The first-order valence-corrected chi connectivity index (χ1v) is 4.89. The zero-order chi connectivity index (χ0) is 10.1. The fourth-order valence-corrected chi connectivity index (χ4v) is 1.91. The molecule has 0 aromatic heterocycles. The number of nitrogens with zero attached hydrogens (tertiary/aromatic N) is 2. The smallest absolute Gasteiger partial charge is 0.269 e. The Morgan fingerprint density at radius 3 is 3.07 bits per heavy atom. The van der Waals surface area contributed by atoms with Crippen LogP contribution in [0.5, 0.6) is 0 Å². The molecule has 0 bridgehead atoms. The van der Waals surface area contributed by atoms with Gasteiger partial charge in [-0.25, -0.2) is 4.99 Å². The summed E-state index contributed by atoms with van der Waals surface area (Å²) in [5.41, 5.74) is 7.21. The molecule has 2 N–H and O–H groups in total. The van der Waals surface area contributed by atoms with Gasteiger partial charge in [-0.05, 0) is 11.6 Å². The molecule has 2 rings (SSSR count). The molecule has 6 heteroatoms. The number of nitro groups is 1. The highest BCUT2D eigenvalue weighted by Gasteiger charge is 2.14. The lowest BCUT2D eigenvalue weighted by Gasteiger charge is -2.10. The highest BCUT2D eigenvalue weighted by molar-refractivity contribution is 8.13. The van der Waals surface area contributed by atoms with Crippen LogP contribution >= 0.6 is 11.8 Å². The standard InChI is InChI=1S/C8H7N3O2S/c9-8-10-7-2-1-6(11(12)13)3-5(7)4-14-8/h1-3H,4H2,(H2,9,10). The second-order valence-electron chi connectivity index (χ2n) is 2.81. The van der Waals surface area contributed by atoms with E-state index in [1.165, 1.54) is 23.9 Å². The number of non-ortho nitro benzene ring substituents is 1. The lowest BCUT2D eigenvalue weighted by molar-refractivity contribution is -0.384. The lowest BCUT2D eigenvalue weighted by atomic mass is 10.2. The molecule has 1 aromatic rings. The molecule has 0 spiro atoms. The molecule has 1 aliphatic rings. The van der Waals surface area contributed by atoms with Crippen LogP contribution in [0.15, 0.2) is 23.2 Å². The number of rotatable bonds is 1. The minimum absolute atomic E-state index is 0.0972. The zero-order valence-electron chi connectivity index (χ0n) is 7.14. The maximum absolute atomic E-state index is 10.5. The van der Waals surface area contributed by atoms with Crippen molar-refractivity contribution in [3.8, 4) is 0 Å². The van der Waals surface area contributed by atoms with Crippen LogP contribution in [0.1, 0.15) is 5.56 Å². The summed E-state index contributed by atoms with van der Waals surface area (Å²) >= 11 is 1.39. The SMILES string of the molecule is NC1=Nc2ccc([N+](=O)[O-])cc2CS1. The van der Waals surface area contributed by atoms with E-state index in [4.69, 9.17) is 5.73 Å². The number of aliphatic imine (C=N–C) groups is 1. The van der Waals surface area contributed by atoms with E-state index in [-0.39, 0.29) is 5.69 Å². The van der Waals surface area contributed by atoms with E-state index < -0.39 is 4.92 Å². The van der Waals surface area contributed by atoms with Gasteiger partial charge < -0.3 is 5.73 Å². The van der Waals surface area contributed by atoms with Crippen LogP contribution in [0, 0.1) is 10.1 Å². The molecule has 0 fully saturated rings. The summed E-state index contributed by atoms with van der Waals surface area (Å²) in [5, 5.41) is 11.0. The first-order valence-electron chi connectivity index (χ1n) is 3.91. The van der Waals surface area contributed by atoms with Gasteiger partial charge in [-0.1, -0.05) is 11.8 Å². The fourth-order valence-electron chi connectivity index (χ4n) is 1.21. The van der Waals surface area contributed by atoms with E-state index in [2.05, 4.69) is 4.99 Å². The highest BCUT2D eigenvalue weighted by atomic mass is 32.2. The first-order chi connectivity index (χ1) is 6.66. The number of benzene rings is 1. The average Bonchev–Trinajstić information content (AvgIpc) is 2.16. The quantitative estimate of drug-likeness (QED) is 0.564. The van der Waals surface area contributed by atoms with Crippen LogP contribution < -0.4 is 5.73 Å². The van der Waals surface area contributed by atoms with Gasteiger partial charge in [-0.3, -0.25) is 10.1 Å². The number of nitro benzene ring substituents is 1. The minimum atomic E-state index is -0.410. The molecule has 0 amide bonds. The number of nitrogens with two attached hydrogens (primary N) is 1. The van der Waals surface area contributed by atoms with Gasteiger partial charge in [0.05, 0.1) is 10.6 Å². The summed E-state index contributed by atoms with van der Waals surface area (Å²) < 4.78 is 0. The van der Waals surface area contributed by atoms with Crippen LogP contribution in [0.4, 0.5) is 11.4 Å². The average molecular weight is 209 g/mol. The zero-order valence-corrected chi connectivity index (χ0v) is 7.95. The van der Waals surface area contributed by atoms with Crippen LogP contribution in [-0.2, 0) is 5.75 Å². The van der Waals surface area contributed by atoms with Crippen LogP contribution in [0.3, 0.4) is 0 Å². The molecule has 1 heterocycles. The maximum Gasteiger partial charge on any atom is 0.269 e. The molecular formula is C8H7N3O2S. The number of amidine groups is 1. The van der Waals surface area contributed by atoms with E-state index in [9.17, 15) is 10.1 Å². The number of hydrogen-bond acceptors (Lipinski definition) is 5. The molecule has 0 aliphatic carbocycles. The van der Waals surface area contributed by atoms with Gasteiger partial charge >= 0.3 is 0 Å². The molecular weight excluding hydrogens is 202 g/mol. The van der Waals surface area contributed by atoms with Gasteiger partial charge in [-0.2, -0.15) is 0 Å². The Kier molecular flexibility index (Phi) is 2.12. The summed E-state index contributed by atoms with van der Waals surface area (Å²) in [6.45, 7) is 0. The molecule has 1 aliphatic heterocycles. The van der Waals surface area contributed by atoms with Gasteiger partial charge in [0.15, 0.2) is 5.17 Å². The normalized spacial score (nSPS) is 14.4. The van der Waals surface area contributed by atoms with E-state index >= 15 is 0 Å². The molecule has 14 heavy (non-hydrogen) atoms. The summed E-state index contributed by atoms with van der Waals surface area (Å²) in [6, 6.07) is 4.60. The summed E-state index contributed by atoms with van der Waals surface area (Å²) in [6.07, 6.45) is 0. The lowest BCUT2D eigenvalue weighted by Crippen LogP contribution is -2.09. The van der Waals surface area contributed by atoms with Gasteiger partial charge in [0.25, 0.3) is 5.69 Å². The molecule has 0 unspecified atom stereocenters. The van der Waals surface area contributed by atoms with Crippen molar-refractivity contribution >= 4 is 28.3 Å². The van der Waals surface area contributed by atoms with Crippen molar-refractivity contribution in [1.82, 2.24) is 0 Å². The van der Waals surface area contributed by atoms with Crippen LogP contribution in [-0.4, -0.2) is 10.1 Å². The Balaban J connectivity index is 2.47. The van der Waals surface area contributed by atoms with Gasteiger partial charge in [0.2, 0.25) is 0 Å². The highest BCUT2D eigenvalue weighted by Crippen LogP contribution is 2.32. The molecule has 1 aromatic carbocycles. The van der Waals surface area contributed by atoms with Gasteiger partial charge in [-0.15, -0.1) is 0 Å². The van der Waals surface area contributed by atoms with Crippen molar-refractivity contribution in [2.45, 2.75) is 5.75 Å². The van der Waals surface area contributed by atoms with E-state index in [0.29, 0.717) is 10.9 Å². The van der Waals surface area contributed by atoms with Crippen molar-refractivity contribution < 1.29 is 4.92 Å². The Morgan fingerprint density at radius 2 is 2.36 bits per heavy atom. The second kappa shape index (κ2) is 3.30. The number of fused-ring (bicyclic) bond motifs is 1. The van der Waals surface area contributed by atoms with E-state index in [1.807, 2.05) is 0 Å².